The van der Waals surface area contributed by atoms with Gasteiger partial charge >= 0.3 is 0 Å². The van der Waals surface area contributed by atoms with Crippen molar-refractivity contribution >= 4 is 22.8 Å². The molecule has 1 N–H and O–H groups in total. The summed E-state index contributed by atoms with van der Waals surface area (Å²) in [7, 11) is 1.88. The summed E-state index contributed by atoms with van der Waals surface area (Å²) < 4.78 is 2.07. The second kappa shape index (κ2) is 9.28. The van der Waals surface area contributed by atoms with E-state index in [0.717, 1.165) is 49.2 Å². The zero-order chi connectivity index (χ0) is 21.8. The van der Waals surface area contributed by atoms with Crippen molar-refractivity contribution in [3.63, 3.8) is 0 Å². The molecule has 3 aromatic rings. The lowest BCUT2D eigenvalue weighted by Crippen LogP contribution is -2.42. The lowest BCUT2D eigenvalue weighted by atomic mass is 9.95. The summed E-state index contributed by atoms with van der Waals surface area (Å²) in [5.41, 5.74) is 2.10. The number of H-pyrrole nitrogens is 1. The van der Waals surface area contributed by atoms with E-state index >= 15 is 0 Å². The molecule has 4 rings (SSSR count). The quantitative estimate of drug-likeness (QED) is 0.628. The maximum atomic E-state index is 12.8. The van der Waals surface area contributed by atoms with Crippen LogP contribution in [-0.2, 0) is 11.3 Å². The third kappa shape index (κ3) is 4.92. The van der Waals surface area contributed by atoms with Crippen LogP contribution in [0.3, 0.4) is 0 Å². The number of pyridine rings is 1. The molecule has 0 unspecified atom stereocenters. The van der Waals surface area contributed by atoms with Crippen LogP contribution in [0.15, 0.2) is 30.9 Å². The van der Waals surface area contributed by atoms with Crippen LogP contribution in [0, 0.1) is 12.8 Å². The van der Waals surface area contributed by atoms with Gasteiger partial charge in [0.05, 0.1) is 17.3 Å². The summed E-state index contributed by atoms with van der Waals surface area (Å²) in [6.07, 6.45) is 10.1. The normalized spacial score (nSPS) is 14.8. The van der Waals surface area contributed by atoms with Gasteiger partial charge in [-0.2, -0.15) is 5.10 Å². The molecular weight excluding hydrogens is 394 g/mol. The molecule has 9 heteroatoms. The van der Waals surface area contributed by atoms with Crippen LogP contribution in [0.2, 0.25) is 0 Å². The molecule has 1 fully saturated rings. The van der Waals surface area contributed by atoms with Crippen molar-refractivity contribution in [3.8, 4) is 0 Å². The molecule has 31 heavy (non-hydrogen) atoms. The highest BCUT2D eigenvalue weighted by Gasteiger charge is 2.25. The highest BCUT2D eigenvalue weighted by atomic mass is 16.2. The molecule has 1 aliphatic rings. The van der Waals surface area contributed by atoms with Gasteiger partial charge in [-0.3, -0.25) is 19.7 Å². The minimum absolute atomic E-state index is 0.00155. The maximum absolute atomic E-state index is 12.8. The molecule has 164 valence electrons. The van der Waals surface area contributed by atoms with Gasteiger partial charge in [0.15, 0.2) is 0 Å². The predicted octanol–water partition coefficient (Wildman–Crippen LogP) is 2.25. The fourth-order valence-electron chi connectivity index (χ4n) is 4.17. The zero-order valence-corrected chi connectivity index (χ0v) is 18.1. The van der Waals surface area contributed by atoms with E-state index in [-0.39, 0.29) is 11.8 Å². The Morgan fingerprint density at radius 1 is 1.23 bits per heavy atom. The van der Waals surface area contributed by atoms with Crippen LogP contribution in [0.1, 0.15) is 41.9 Å². The topological polar surface area (TPSA) is 100 Å². The number of likely N-dealkylation sites (tertiary alicyclic amines) is 1. The van der Waals surface area contributed by atoms with Gasteiger partial charge in [-0.15, -0.1) is 0 Å². The molecule has 0 radical (unpaired) electrons. The molecule has 1 saturated heterocycles. The smallest absolute Gasteiger partial charge is 0.255 e. The molecular formula is C22H29N7O2. The standard InChI is InChI=1S/C22H29N7O2/c1-16-23-7-11-28(16)8-3-4-21(30)27(2)15-17-5-9-29(10-6-17)22(31)18-12-19-20(24-13-18)14-25-26-19/h7,11-14,17H,3-6,8-10,15H2,1-2H3,(H,25,26). The average Bonchev–Trinajstić information content (AvgIpc) is 3.42. The van der Waals surface area contributed by atoms with Gasteiger partial charge in [-0.1, -0.05) is 0 Å². The minimum Gasteiger partial charge on any atom is -0.345 e. The van der Waals surface area contributed by atoms with Gasteiger partial charge in [-0.05, 0) is 38.2 Å². The fourth-order valence-corrected chi connectivity index (χ4v) is 4.17. The van der Waals surface area contributed by atoms with E-state index in [1.165, 1.54) is 0 Å². The second-order valence-corrected chi connectivity index (χ2v) is 8.31. The van der Waals surface area contributed by atoms with Crippen LogP contribution in [0.25, 0.3) is 11.0 Å². The zero-order valence-electron chi connectivity index (χ0n) is 18.1. The van der Waals surface area contributed by atoms with Crippen LogP contribution >= 0.6 is 0 Å². The highest BCUT2D eigenvalue weighted by Crippen LogP contribution is 2.21. The van der Waals surface area contributed by atoms with Crippen LogP contribution < -0.4 is 0 Å². The van der Waals surface area contributed by atoms with E-state index < -0.39 is 0 Å². The average molecular weight is 424 g/mol. The molecule has 0 spiro atoms. The number of imidazole rings is 1. The molecule has 0 saturated carbocycles. The Bertz CT molecular complexity index is 1050. The SMILES string of the molecule is Cc1nccn1CCCC(=O)N(C)CC1CCN(C(=O)c2cnc3cn[nH]c3c2)CC1. The third-order valence-corrected chi connectivity index (χ3v) is 6.11. The number of amides is 2. The van der Waals surface area contributed by atoms with Gasteiger partial charge in [0.1, 0.15) is 11.3 Å². The number of fused-ring (bicyclic) bond motifs is 1. The van der Waals surface area contributed by atoms with E-state index in [0.29, 0.717) is 31.0 Å². The van der Waals surface area contributed by atoms with Crippen LogP contribution in [0.4, 0.5) is 0 Å². The minimum atomic E-state index is 0.00155. The molecule has 1 aliphatic heterocycles. The second-order valence-electron chi connectivity index (χ2n) is 8.31. The summed E-state index contributed by atoms with van der Waals surface area (Å²) in [6, 6.07) is 1.81. The number of nitrogens with one attached hydrogen (secondary N) is 1. The van der Waals surface area contributed by atoms with E-state index in [2.05, 4.69) is 24.7 Å². The number of carbonyl (C=O) groups excluding carboxylic acids is 2. The summed E-state index contributed by atoms with van der Waals surface area (Å²) >= 11 is 0. The largest absolute Gasteiger partial charge is 0.345 e. The Morgan fingerprint density at radius 3 is 2.77 bits per heavy atom. The van der Waals surface area contributed by atoms with Gasteiger partial charge in [0.2, 0.25) is 5.91 Å². The van der Waals surface area contributed by atoms with Crippen molar-refractivity contribution in [2.24, 2.45) is 5.92 Å². The Kier molecular flexibility index (Phi) is 6.29. The number of hydrogen-bond acceptors (Lipinski definition) is 5. The first-order valence-corrected chi connectivity index (χ1v) is 10.8. The number of piperidine rings is 1. The van der Waals surface area contributed by atoms with Gasteiger partial charge in [-0.25, -0.2) is 4.98 Å². The fraction of sp³-hybridized carbons (Fsp3) is 0.500. The molecule has 9 nitrogen and oxygen atoms in total. The summed E-state index contributed by atoms with van der Waals surface area (Å²) in [6.45, 7) is 4.92. The van der Waals surface area contributed by atoms with E-state index in [4.69, 9.17) is 0 Å². The number of rotatable bonds is 7. The van der Waals surface area contributed by atoms with Crippen molar-refractivity contribution in [3.05, 3.63) is 42.2 Å². The molecule has 4 heterocycles. The van der Waals surface area contributed by atoms with E-state index in [1.54, 1.807) is 18.6 Å². The number of aromatic nitrogens is 5. The number of carbonyl (C=O) groups is 2. The Labute approximate surface area is 181 Å². The summed E-state index contributed by atoms with van der Waals surface area (Å²) in [5.74, 6) is 1.57. The first-order chi connectivity index (χ1) is 15.0. The summed E-state index contributed by atoms with van der Waals surface area (Å²) in [5, 5.41) is 6.81. The van der Waals surface area contributed by atoms with Crippen molar-refractivity contribution in [1.82, 2.24) is 34.5 Å². The number of aryl methyl sites for hydroxylation is 2. The Hall–Kier alpha value is -3.23. The first kappa shape index (κ1) is 21.0. The first-order valence-electron chi connectivity index (χ1n) is 10.8. The van der Waals surface area contributed by atoms with Crippen molar-refractivity contribution in [2.75, 3.05) is 26.7 Å². The third-order valence-electron chi connectivity index (χ3n) is 6.11. The Morgan fingerprint density at radius 2 is 2.03 bits per heavy atom. The molecule has 0 atom stereocenters. The molecule has 0 aromatic carbocycles. The highest BCUT2D eigenvalue weighted by molar-refractivity contribution is 5.96. The lowest BCUT2D eigenvalue weighted by Gasteiger charge is -2.34. The molecule has 3 aromatic heterocycles. The van der Waals surface area contributed by atoms with Gasteiger partial charge in [0.25, 0.3) is 5.91 Å². The number of aromatic amines is 1. The number of hydrogen-bond donors (Lipinski definition) is 1. The lowest BCUT2D eigenvalue weighted by molar-refractivity contribution is -0.130. The monoisotopic (exact) mass is 423 g/mol. The van der Waals surface area contributed by atoms with E-state index in [1.807, 2.05) is 36.0 Å². The molecule has 0 aliphatic carbocycles. The van der Waals surface area contributed by atoms with Crippen LogP contribution in [0.5, 0.6) is 0 Å². The maximum Gasteiger partial charge on any atom is 0.255 e. The molecule has 0 bridgehead atoms. The molecule has 2 amide bonds. The van der Waals surface area contributed by atoms with Crippen molar-refractivity contribution < 1.29 is 9.59 Å². The van der Waals surface area contributed by atoms with Gasteiger partial charge in [0, 0.05) is 58.2 Å². The predicted molar refractivity (Wildman–Crippen MR) is 116 cm³/mol. The Balaban J connectivity index is 1.21. The van der Waals surface area contributed by atoms with E-state index in [9.17, 15) is 9.59 Å². The summed E-state index contributed by atoms with van der Waals surface area (Å²) in [4.78, 5) is 37.5. The number of nitrogens with zero attached hydrogens (tertiary/aromatic N) is 6. The van der Waals surface area contributed by atoms with Crippen molar-refractivity contribution in [1.29, 1.82) is 0 Å². The van der Waals surface area contributed by atoms with Crippen molar-refractivity contribution in [2.45, 2.75) is 39.2 Å². The van der Waals surface area contributed by atoms with Gasteiger partial charge < -0.3 is 14.4 Å². The van der Waals surface area contributed by atoms with Crippen LogP contribution in [-0.4, -0.2) is 73.0 Å².